The molecule has 61 heavy (non-hydrogen) atoms. The summed E-state index contributed by atoms with van der Waals surface area (Å²) in [6.45, 7) is 16.5. The van der Waals surface area contributed by atoms with Crippen LogP contribution in [-0.4, -0.2) is 60.4 Å². The molecule has 2 amide bonds. The summed E-state index contributed by atoms with van der Waals surface area (Å²) >= 11 is 9.39. The van der Waals surface area contributed by atoms with Crippen LogP contribution in [0.2, 0.25) is 0 Å². The highest BCUT2D eigenvalue weighted by Gasteiger charge is 2.42. The van der Waals surface area contributed by atoms with Crippen molar-refractivity contribution in [2.45, 2.75) is 93.9 Å². The van der Waals surface area contributed by atoms with Gasteiger partial charge in [0.25, 0.3) is 0 Å². The number of fused-ring (bicyclic) bond motifs is 2. The number of hydrogen-bond donors (Lipinski definition) is 2. The summed E-state index contributed by atoms with van der Waals surface area (Å²) in [5.74, 6) is 1.14. The Bertz CT molecular complexity index is 2460. The van der Waals surface area contributed by atoms with Crippen LogP contribution in [0.1, 0.15) is 63.8 Å². The lowest BCUT2D eigenvalue weighted by Gasteiger charge is -2.42. The van der Waals surface area contributed by atoms with Crippen molar-refractivity contribution in [3.05, 3.63) is 136 Å². The molecule has 0 unspecified atom stereocenters. The van der Waals surface area contributed by atoms with Gasteiger partial charge in [0.05, 0.1) is 17.6 Å². The number of aromatic nitrogens is 4. The predicted octanol–water partition coefficient (Wildman–Crippen LogP) is 10.4. The van der Waals surface area contributed by atoms with Crippen molar-refractivity contribution < 1.29 is 18.4 Å². The van der Waals surface area contributed by atoms with E-state index in [-0.39, 0.29) is 30.0 Å². The highest BCUT2D eigenvalue weighted by molar-refractivity contribution is 9.10. The molecule has 320 valence electrons. The van der Waals surface area contributed by atoms with E-state index in [1.165, 1.54) is 35.4 Å². The van der Waals surface area contributed by atoms with Gasteiger partial charge in [-0.2, -0.15) is 0 Å². The van der Waals surface area contributed by atoms with E-state index in [1.54, 1.807) is 40.9 Å². The number of carbonyl (C=O) groups excluding carboxylic acids is 2. The van der Waals surface area contributed by atoms with E-state index in [0.29, 0.717) is 32.6 Å². The van der Waals surface area contributed by atoms with Crippen molar-refractivity contribution in [1.29, 1.82) is 0 Å². The number of benzene rings is 4. The predicted molar refractivity (Wildman–Crippen MR) is 245 cm³/mol. The first kappa shape index (κ1) is 45.8. The molecule has 0 saturated carbocycles. The molecule has 0 spiro atoms. The summed E-state index contributed by atoms with van der Waals surface area (Å²) in [6, 6.07) is 29.1. The largest absolute Gasteiger partial charge is 0.329 e. The van der Waals surface area contributed by atoms with Gasteiger partial charge in [-0.25, -0.2) is 18.7 Å². The Balaban J connectivity index is 0.000000177. The number of carbonyl (C=O) groups is 2. The third-order valence-electron chi connectivity index (χ3n) is 10.9. The number of nitrogens with zero attached hydrogens (tertiary/aromatic N) is 6. The van der Waals surface area contributed by atoms with E-state index in [9.17, 15) is 18.4 Å². The average molecular weight is 929 g/mol. The smallest absolute Gasteiger partial charge is 0.237 e. The molecule has 0 bridgehead atoms. The first-order valence-corrected chi connectivity index (χ1v) is 22.2. The Morgan fingerprint density at radius 1 is 0.689 bits per heavy atom. The zero-order valence-corrected chi connectivity index (χ0v) is 38.8. The van der Waals surface area contributed by atoms with Gasteiger partial charge in [-0.1, -0.05) is 54.1 Å². The van der Waals surface area contributed by atoms with Gasteiger partial charge in [-0.15, -0.1) is 12.6 Å². The fourth-order valence-corrected chi connectivity index (χ4v) is 9.40. The minimum absolute atomic E-state index is 0.0278. The Kier molecular flexibility index (Phi) is 14.3. The van der Waals surface area contributed by atoms with Crippen molar-refractivity contribution in [1.82, 2.24) is 28.9 Å². The molecule has 4 heterocycles. The van der Waals surface area contributed by atoms with Crippen LogP contribution in [0.15, 0.2) is 116 Å². The molecule has 2 aliphatic heterocycles. The molecule has 0 atom stereocenters. The first-order chi connectivity index (χ1) is 29.0. The molecule has 8 rings (SSSR count). The third-order valence-corrected chi connectivity index (χ3v) is 13.2. The zero-order valence-electron chi connectivity index (χ0n) is 35.5. The van der Waals surface area contributed by atoms with Crippen LogP contribution < -0.4 is 5.73 Å². The summed E-state index contributed by atoms with van der Waals surface area (Å²) in [6.07, 6.45) is 0.482. The van der Waals surface area contributed by atoms with Gasteiger partial charge in [-0.05, 0) is 130 Å². The number of thiol groups is 1. The lowest BCUT2D eigenvalue weighted by Crippen LogP contribution is -2.53. The minimum atomic E-state index is -0.602. The number of nitrogens with two attached hydrogens (primary N) is 1. The average Bonchev–Trinajstić information content (AvgIpc) is 3.79. The highest BCUT2D eigenvalue weighted by Crippen LogP contribution is 2.43. The van der Waals surface area contributed by atoms with Crippen molar-refractivity contribution in [2.24, 2.45) is 5.73 Å². The topological polar surface area (TPSA) is 102 Å². The molecule has 0 saturated heterocycles. The molecule has 4 aromatic carbocycles. The molecule has 0 fully saturated rings. The quantitative estimate of drug-likeness (QED) is 0.161. The maximum absolute atomic E-state index is 13.5. The summed E-state index contributed by atoms with van der Waals surface area (Å²) in [5, 5.41) is 0.994. The summed E-state index contributed by atoms with van der Waals surface area (Å²) in [7, 11) is 0. The van der Waals surface area contributed by atoms with Crippen LogP contribution in [0.25, 0.3) is 22.5 Å². The Morgan fingerprint density at radius 2 is 1.13 bits per heavy atom. The van der Waals surface area contributed by atoms with Gasteiger partial charge in [0.15, 0.2) is 0 Å². The van der Waals surface area contributed by atoms with Gasteiger partial charge < -0.3 is 24.7 Å². The fraction of sp³-hybridized carbons (Fsp3) is 0.319. The van der Waals surface area contributed by atoms with Crippen LogP contribution in [0, 0.1) is 25.5 Å². The van der Waals surface area contributed by atoms with Crippen LogP contribution in [0.4, 0.5) is 8.78 Å². The van der Waals surface area contributed by atoms with E-state index in [0.717, 1.165) is 53.6 Å². The normalized spacial score (nSPS) is 14.8. The van der Waals surface area contributed by atoms with Gasteiger partial charge >= 0.3 is 0 Å². The number of rotatable bonds is 6. The Hall–Kier alpha value is -4.76. The number of hydrogen-bond acceptors (Lipinski definition) is 7. The number of aryl methyl sites for hydroxylation is 2. The minimum Gasteiger partial charge on any atom is -0.329 e. The van der Waals surface area contributed by atoms with Crippen molar-refractivity contribution >= 4 is 52.1 Å². The molecular weight excluding hydrogens is 877 g/mol. The second-order valence-corrected chi connectivity index (χ2v) is 18.3. The van der Waals surface area contributed by atoms with Gasteiger partial charge in [-0.3, -0.25) is 9.59 Å². The van der Waals surface area contributed by atoms with E-state index in [4.69, 9.17) is 15.7 Å². The molecular formula is C47H52BrF2N7O2S2. The molecule has 2 N–H and O–H groups in total. The second kappa shape index (κ2) is 19.1. The lowest BCUT2D eigenvalue weighted by molar-refractivity contribution is -0.138. The molecule has 0 radical (unpaired) electrons. The lowest BCUT2D eigenvalue weighted by atomic mass is 9.98. The number of amides is 2. The van der Waals surface area contributed by atoms with E-state index in [1.807, 2.05) is 63.8 Å². The van der Waals surface area contributed by atoms with E-state index < -0.39 is 11.1 Å². The third kappa shape index (κ3) is 9.98. The monoisotopic (exact) mass is 927 g/mol. The highest BCUT2D eigenvalue weighted by atomic mass is 79.9. The molecule has 9 nitrogen and oxygen atoms in total. The molecule has 14 heteroatoms. The van der Waals surface area contributed by atoms with Gasteiger partial charge in [0, 0.05) is 53.5 Å². The van der Waals surface area contributed by atoms with Crippen LogP contribution >= 0.6 is 40.3 Å². The SMILES string of the molecule is CCC(=O)N1CCn2c(nc(-c3ccc(F)cc3)c2Br)C1(C)C.Cc1ccc(S)cc1.Cc1ccc(Sc2c(-c3ccc(F)cc3)nc3n2CCN(C(=O)CN)C3(C)C)cc1. The molecule has 2 aliphatic rings. The van der Waals surface area contributed by atoms with Crippen LogP contribution in [0.5, 0.6) is 0 Å². The number of imidazole rings is 2. The Labute approximate surface area is 375 Å². The maximum atomic E-state index is 13.5. The Morgan fingerprint density at radius 3 is 1.62 bits per heavy atom. The summed E-state index contributed by atoms with van der Waals surface area (Å²) < 4.78 is 31.8. The fourth-order valence-electron chi connectivity index (χ4n) is 7.54. The van der Waals surface area contributed by atoms with Crippen LogP contribution in [0.3, 0.4) is 0 Å². The summed E-state index contributed by atoms with van der Waals surface area (Å²) in [5.41, 5.74) is 10.3. The molecule has 6 aromatic rings. The van der Waals surface area contributed by atoms with Crippen LogP contribution in [-0.2, 0) is 33.8 Å². The standard InChI is InChI=1S/C23H25FN4OS.C17H19BrFN3O.C7H8S/c1-15-4-10-18(11-5-15)30-21-20(16-6-8-17(24)9-7-16)26-22-23(2,3)28(19(29)14-25)13-12-27(21)22;1-4-13(23)22-10-9-21-15(18)14(20-16(21)17(22,2)3)11-5-7-12(19)8-6-11;1-6-2-4-7(8)5-3-6/h4-11H,12-14,25H2,1-3H3;5-8H,4,9-10H2,1-3H3;2-5,8H,1H3. The molecule has 0 aliphatic carbocycles. The van der Waals surface area contributed by atoms with Gasteiger partial charge in [0.1, 0.15) is 44.3 Å². The van der Waals surface area contributed by atoms with E-state index in [2.05, 4.69) is 75.8 Å². The zero-order chi connectivity index (χ0) is 44.2. The van der Waals surface area contributed by atoms with Gasteiger partial charge in [0.2, 0.25) is 11.8 Å². The maximum Gasteiger partial charge on any atom is 0.237 e. The number of halogens is 3. The van der Waals surface area contributed by atoms with Crippen molar-refractivity contribution in [3.63, 3.8) is 0 Å². The van der Waals surface area contributed by atoms with Crippen molar-refractivity contribution in [2.75, 3.05) is 19.6 Å². The van der Waals surface area contributed by atoms with E-state index >= 15 is 0 Å². The summed E-state index contributed by atoms with van der Waals surface area (Å²) in [4.78, 5) is 40.2. The van der Waals surface area contributed by atoms with Crippen molar-refractivity contribution in [3.8, 4) is 22.5 Å². The molecule has 2 aromatic heterocycles. The second-order valence-electron chi connectivity index (χ2n) is 16.0. The first-order valence-electron chi connectivity index (χ1n) is 20.2.